The standard InChI is InChI=1S/C5H12N4O2/c1-2(9-5(7)8)3(6)4(10)11/h2-3H,6H2,1H3,(H,10,11)(H4,7,8,9)/t2-,3+/m1/s1. The highest BCUT2D eigenvalue weighted by molar-refractivity contribution is 5.78. The van der Waals surface area contributed by atoms with Crippen LogP contribution in [0.5, 0.6) is 0 Å². The first-order valence-corrected chi connectivity index (χ1v) is 3.02. The van der Waals surface area contributed by atoms with E-state index in [2.05, 4.69) is 4.99 Å². The number of carboxylic acid groups (broad SMARTS) is 1. The Labute approximate surface area is 64.1 Å². The molecule has 0 aromatic rings. The fraction of sp³-hybridized carbons (Fsp3) is 0.600. The van der Waals surface area contributed by atoms with E-state index >= 15 is 0 Å². The van der Waals surface area contributed by atoms with E-state index in [0.717, 1.165) is 0 Å². The van der Waals surface area contributed by atoms with Crippen LogP contribution in [0.1, 0.15) is 6.92 Å². The van der Waals surface area contributed by atoms with Crippen LogP contribution >= 0.6 is 0 Å². The van der Waals surface area contributed by atoms with E-state index in [0.29, 0.717) is 0 Å². The molecule has 0 saturated carbocycles. The summed E-state index contributed by atoms with van der Waals surface area (Å²) in [5.41, 5.74) is 15.2. The van der Waals surface area contributed by atoms with E-state index in [4.69, 9.17) is 22.3 Å². The maximum atomic E-state index is 10.2. The van der Waals surface area contributed by atoms with Crippen molar-refractivity contribution in [3.8, 4) is 0 Å². The van der Waals surface area contributed by atoms with Crippen LogP contribution in [0.2, 0.25) is 0 Å². The second-order valence-electron chi connectivity index (χ2n) is 2.16. The summed E-state index contributed by atoms with van der Waals surface area (Å²) >= 11 is 0. The first-order valence-electron chi connectivity index (χ1n) is 3.02. The zero-order valence-electron chi connectivity index (χ0n) is 6.19. The molecule has 7 N–H and O–H groups in total. The number of nitrogens with zero attached hydrogens (tertiary/aromatic N) is 1. The van der Waals surface area contributed by atoms with Gasteiger partial charge in [-0.15, -0.1) is 0 Å². The normalized spacial score (nSPS) is 15.1. The Hall–Kier alpha value is -1.30. The first kappa shape index (κ1) is 9.70. The van der Waals surface area contributed by atoms with E-state index in [1.54, 1.807) is 0 Å². The van der Waals surface area contributed by atoms with Crippen molar-refractivity contribution < 1.29 is 9.90 Å². The molecule has 0 fully saturated rings. The summed E-state index contributed by atoms with van der Waals surface area (Å²) in [6.07, 6.45) is 0. The number of carboxylic acids is 1. The summed E-state index contributed by atoms with van der Waals surface area (Å²) in [5.74, 6) is -1.28. The van der Waals surface area contributed by atoms with Crippen LogP contribution in [0.3, 0.4) is 0 Å². The average molecular weight is 160 g/mol. The van der Waals surface area contributed by atoms with Crippen LogP contribution in [0, 0.1) is 0 Å². The molecule has 11 heavy (non-hydrogen) atoms. The Bertz CT molecular complexity index is 175. The molecule has 0 radical (unpaired) electrons. The predicted octanol–water partition coefficient (Wildman–Crippen LogP) is -1.94. The minimum atomic E-state index is -1.12. The molecule has 0 rings (SSSR count). The average Bonchev–Trinajstić information content (AvgIpc) is 1.84. The number of guanidine groups is 1. The van der Waals surface area contributed by atoms with E-state index in [1.807, 2.05) is 0 Å². The molecular formula is C5H12N4O2. The first-order chi connectivity index (χ1) is 4.95. The summed E-state index contributed by atoms with van der Waals surface area (Å²) in [7, 11) is 0. The largest absolute Gasteiger partial charge is 0.480 e. The molecule has 64 valence electrons. The fourth-order valence-electron chi connectivity index (χ4n) is 0.522. The third-order valence-electron chi connectivity index (χ3n) is 1.16. The Morgan fingerprint density at radius 2 is 2.00 bits per heavy atom. The smallest absolute Gasteiger partial charge is 0.322 e. The molecular weight excluding hydrogens is 148 g/mol. The van der Waals surface area contributed by atoms with E-state index in [-0.39, 0.29) is 5.96 Å². The van der Waals surface area contributed by atoms with Crippen LogP contribution in [-0.2, 0) is 4.79 Å². The third kappa shape index (κ3) is 3.41. The van der Waals surface area contributed by atoms with Gasteiger partial charge in [0, 0.05) is 0 Å². The zero-order valence-corrected chi connectivity index (χ0v) is 6.19. The van der Waals surface area contributed by atoms with E-state index in [1.165, 1.54) is 6.92 Å². The van der Waals surface area contributed by atoms with Crippen molar-refractivity contribution in [2.24, 2.45) is 22.2 Å². The molecule has 0 unspecified atom stereocenters. The fourth-order valence-corrected chi connectivity index (χ4v) is 0.522. The third-order valence-corrected chi connectivity index (χ3v) is 1.16. The lowest BCUT2D eigenvalue weighted by molar-refractivity contribution is -0.138. The highest BCUT2D eigenvalue weighted by Gasteiger charge is 2.18. The van der Waals surface area contributed by atoms with Crippen LogP contribution in [0.25, 0.3) is 0 Å². The molecule has 0 heterocycles. The van der Waals surface area contributed by atoms with Crippen LogP contribution < -0.4 is 17.2 Å². The maximum absolute atomic E-state index is 10.2. The topological polar surface area (TPSA) is 128 Å². The van der Waals surface area contributed by atoms with Gasteiger partial charge in [0.15, 0.2) is 5.96 Å². The number of hydrogen-bond acceptors (Lipinski definition) is 3. The van der Waals surface area contributed by atoms with E-state index < -0.39 is 18.1 Å². The molecule has 0 aliphatic heterocycles. The molecule has 0 spiro atoms. The molecule has 6 nitrogen and oxygen atoms in total. The monoisotopic (exact) mass is 160 g/mol. The molecule has 6 heteroatoms. The van der Waals surface area contributed by atoms with Gasteiger partial charge in [0.05, 0.1) is 6.04 Å². The highest BCUT2D eigenvalue weighted by Crippen LogP contribution is 1.94. The van der Waals surface area contributed by atoms with Gasteiger partial charge < -0.3 is 22.3 Å². The Morgan fingerprint density at radius 3 is 2.27 bits per heavy atom. The van der Waals surface area contributed by atoms with Crippen molar-refractivity contribution in [1.82, 2.24) is 0 Å². The molecule has 2 atom stereocenters. The number of aliphatic imine (C=N–C) groups is 1. The maximum Gasteiger partial charge on any atom is 0.322 e. The minimum absolute atomic E-state index is 0.158. The molecule has 0 aromatic carbocycles. The molecule has 0 aliphatic rings. The van der Waals surface area contributed by atoms with Gasteiger partial charge in [-0.05, 0) is 6.92 Å². The van der Waals surface area contributed by atoms with Crippen LogP contribution in [0.15, 0.2) is 4.99 Å². The Balaban J connectivity index is 4.14. The van der Waals surface area contributed by atoms with Crippen molar-refractivity contribution in [1.29, 1.82) is 0 Å². The van der Waals surface area contributed by atoms with E-state index in [9.17, 15) is 4.79 Å². The second kappa shape index (κ2) is 3.77. The molecule has 0 aliphatic carbocycles. The number of rotatable bonds is 3. The van der Waals surface area contributed by atoms with Gasteiger partial charge >= 0.3 is 5.97 Å². The van der Waals surface area contributed by atoms with Crippen molar-refractivity contribution in [3.05, 3.63) is 0 Å². The van der Waals surface area contributed by atoms with Crippen LogP contribution in [-0.4, -0.2) is 29.1 Å². The van der Waals surface area contributed by atoms with Crippen LogP contribution in [0.4, 0.5) is 0 Å². The van der Waals surface area contributed by atoms with Gasteiger partial charge in [-0.1, -0.05) is 0 Å². The lowest BCUT2D eigenvalue weighted by Gasteiger charge is -2.10. The van der Waals surface area contributed by atoms with Gasteiger partial charge in [0.1, 0.15) is 6.04 Å². The summed E-state index contributed by atoms with van der Waals surface area (Å²) < 4.78 is 0. The quantitative estimate of drug-likeness (QED) is 0.282. The van der Waals surface area contributed by atoms with Crippen molar-refractivity contribution in [2.45, 2.75) is 19.0 Å². The number of hydrogen-bond donors (Lipinski definition) is 4. The summed E-state index contributed by atoms with van der Waals surface area (Å²) in [4.78, 5) is 13.8. The van der Waals surface area contributed by atoms with Gasteiger partial charge in [0.2, 0.25) is 0 Å². The lowest BCUT2D eigenvalue weighted by atomic mass is 10.2. The van der Waals surface area contributed by atoms with Crippen molar-refractivity contribution in [2.75, 3.05) is 0 Å². The molecule has 0 saturated heterocycles. The summed E-state index contributed by atoms with van der Waals surface area (Å²) in [6, 6.07) is -1.66. The number of nitrogens with two attached hydrogens (primary N) is 3. The lowest BCUT2D eigenvalue weighted by Crippen LogP contribution is -2.41. The number of aliphatic carboxylic acids is 1. The van der Waals surface area contributed by atoms with Crippen molar-refractivity contribution in [3.63, 3.8) is 0 Å². The van der Waals surface area contributed by atoms with Gasteiger partial charge in [-0.3, -0.25) is 4.79 Å². The van der Waals surface area contributed by atoms with Crippen molar-refractivity contribution >= 4 is 11.9 Å². The zero-order chi connectivity index (χ0) is 9.02. The van der Waals surface area contributed by atoms with Gasteiger partial charge in [0.25, 0.3) is 0 Å². The summed E-state index contributed by atoms with van der Waals surface area (Å²) in [5, 5.41) is 8.39. The molecule has 0 bridgehead atoms. The molecule has 0 aromatic heterocycles. The van der Waals surface area contributed by atoms with Gasteiger partial charge in [-0.25, -0.2) is 4.99 Å². The Kier molecular flexibility index (Phi) is 3.32. The SMILES string of the molecule is C[C@@H](N=C(N)N)[C@H](N)C(=O)O. The minimum Gasteiger partial charge on any atom is -0.480 e. The summed E-state index contributed by atoms with van der Waals surface area (Å²) in [6.45, 7) is 1.53. The molecule has 0 amide bonds. The second-order valence-corrected chi connectivity index (χ2v) is 2.16. The number of carbonyl (C=O) groups is 1. The predicted molar refractivity (Wildman–Crippen MR) is 40.9 cm³/mol. The highest BCUT2D eigenvalue weighted by atomic mass is 16.4. The Morgan fingerprint density at radius 1 is 1.55 bits per heavy atom. The van der Waals surface area contributed by atoms with Gasteiger partial charge in [-0.2, -0.15) is 0 Å².